The number of ether oxygens (including phenoxy) is 1. The van der Waals surface area contributed by atoms with Crippen molar-refractivity contribution in [1.82, 2.24) is 5.32 Å². The van der Waals surface area contributed by atoms with E-state index in [4.69, 9.17) is 4.74 Å². The lowest BCUT2D eigenvalue weighted by atomic mass is 9.98. The number of carbonyl (C=O) groups is 2. The Balaban J connectivity index is 1.28. The van der Waals surface area contributed by atoms with Crippen LogP contribution in [0.15, 0.2) is 60.7 Å². The number of fused-ring (bicyclic) bond motifs is 3. The van der Waals surface area contributed by atoms with E-state index >= 15 is 0 Å². The molecule has 0 fully saturated rings. The maximum absolute atomic E-state index is 12.2. The van der Waals surface area contributed by atoms with Crippen molar-refractivity contribution in [1.29, 1.82) is 0 Å². The number of benzene rings is 2. The second-order valence-electron chi connectivity index (χ2n) is 7.26. The van der Waals surface area contributed by atoms with Gasteiger partial charge in [0.2, 0.25) is 0 Å². The predicted octanol–water partition coefficient (Wildman–Crippen LogP) is 5.81. The van der Waals surface area contributed by atoms with Crippen LogP contribution in [-0.2, 0) is 4.74 Å². The largest absolute Gasteiger partial charge is 0.449 e. The molecule has 4 rings (SSSR count). The summed E-state index contributed by atoms with van der Waals surface area (Å²) in [6.45, 7) is 2.80. The van der Waals surface area contributed by atoms with Crippen LogP contribution in [0.5, 0.6) is 0 Å². The molecule has 0 saturated carbocycles. The Bertz CT molecular complexity index is 1050. The van der Waals surface area contributed by atoms with Crippen LogP contribution in [0.3, 0.4) is 0 Å². The van der Waals surface area contributed by atoms with E-state index < -0.39 is 6.09 Å². The molecule has 2 aromatic carbocycles. The molecule has 1 aromatic heterocycles. The number of hydrogen-bond acceptors (Lipinski definition) is 4. The third-order valence-corrected chi connectivity index (χ3v) is 6.41. The zero-order valence-electron chi connectivity index (χ0n) is 16.8. The van der Waals surface area contributed by atoms with Gasteiger partial charge in [-0.1, -0.05) is 54.6 Å². The summed E-state index contributed by atoms with van der Waals surface area (Å²) in [5.41, 5.74) is 5.93. The fourth-order valence-corrected chi connectivity index (χ4v) is 4.76. The molecule has 1 heterocycles. The molecule has 1 aliphatic carbocycles. The molecule has 30 heavy (non-hydrogen) atoms. The number of nitrogens with one attached hydrogen (secondary N) is 1. The molecule has 4 nitrogen and oxygen atoms in total. The Morgan fingerprint density at radius 2 is 1.77 bits per heavy atom. The van der Waals surface area contributed by atoms with Crippen molar-refractivity contribution >= 4 is 29.8 Å². The number of thiophene rings is 1. The van der Waals surface area contributed by atoms with Crippen LogP contribution >= 0.6 is 11.3 Å². The van der Waals surface area contributed by atoms with Crippen molar-refractivity contribution in [3.8, 4) is 11.1 Å². The average molecular weight is 418 g/mol. The van der Waals surface area contributed by atoms with Gasteiger partial charge in [0.1, 0.15) is 6.61 Å². The quantitative estimate of drug-likeness (QED) is 0.390. The minimum absolute atomic E-state index is 0.0665. The number of aldehydes is 1. The molecule has 0 bridgehead atoms. The molecule has 0 atom stereocenters. The zero-order valence-corrected chi connectivity index (χ0v) is 17.6. The third kappa shape index (κ3) is 4.21. The van der Waals surface area contributed by atoms with Gasteiger partial charge in [-0.05, 0) is 53.3 Å². The standard InChI is InChI=1S/C25H23NO3S/c1-17-14-18(15-27)30-24(17)12-6-7-13-26-25(28)29-16-23-21-10-4-2-8-19(21)20-9-3-5-11-22(20)23/h2-6,8-12,14-15,23H,7,13,16H2,1H3,(H,26,28). The highest BCUT2D eigenvalue weighted by atomic mass is 32.1. The predicted molar refractivity (Wildman–Crippen MR) is 121 cm³/mol. The van der Waals surface area contributed by atoms with E-state index in [0.717, 1.165) is 21.6 Å². The van der Waals surface area contributed by atoms with Gasteiger partial charge >= 0.3 is 6.09 Å². The molecule has 0 saturated heterocycles. The van der Waals surface area contributed by atoms with E-state index in [9.17, 15) is 9.59 Å². The SMILES string of the molecule is Cc1cc(C=O)sc1C=CCCNC(=O)OCC1c2ccccc2-c2ccccc21. The van der Waals surface area contributed by atoms with Gasteiger partial charge in [0, 0.05) is 17.3 Å². The van der Waals surface area contributed by atoms with Crippen LogP contribution in [0, 0.1) is 6.92 Å². The van der Waals surface area contributed by atoms with Gasteiger partial charge in [0.05, 0.1) is 4.88 Å². The Morgan fingerprint density at radius 3 is 2.40 bits per heavy atom. The first-order chi connectivity index (χ1) is 14.7. The first-order valence-electron chi connectivity index (χ1n) is 9.98. The molecule has 0 spiro atoms. The first kappa shape index (κ1) is 20.1. The lowest BCUT2D eigenvalue weighted by Gasteiger charge is -2.14. The highest BCUT2D eigenvalue weighted by Crippen LogP contribution is 2.44. The van der Waals surface area contributed by atoms with E-state index in [1.807, 2.05) is 49.4 Å². The summed E-state index contributed by atoms with van der Waals surface area (Å²) in [4.78, 5) is 24.8. The summed E-state index contributed by atoms with van der Waals surface area (Å²) in [5, 5.41) is 2.81. The summed E-state index contributed by atoms with van der Waals surface area (Å²) >= 11 is 1.47. The van der Waals surface area contributed by atoms with E-state index in [0.29, 0.717) is 19.6 Å². The maximum atomic E-state index is 12.2. The topological polar surface area (TPSA) is 55.4 Å². The molecule has 0 radical (unpaired) electrons. The van der Waals surface area contributed by atoms with E-state index in [1.165, 1.54) is 33.6 Å². The van der Waals surface area contributed by atoms with Gasteiger partial charge in [0.25, 0.3) is 0 Å². The van der Waals surface area contributed by atoms with Crippen molar-refractivity contribution in [2.24, 2.45) is 0 Å². The fraction of sp³-hybridized carbons (Fsp3) is 0.200. The maximum Gasteiger partial charge on any atom is 0.407 e. The van der Waals surface area contributed by atoms with E-state index in [-0.39, 0.29) is 5.92 Å². The van der Waals surface area contributed by atoms with Crippen molar-refractivity contribution in [2.75, 3.05) is 13.2 Å². The highest BCUT2D eigenvalue weighted by Gasteiger charge is 2.28. The van der Waals surface area contributed by atoms with Crippen LogP contribution in [-0.4, -0.2) is 25.5 Å². The summed E-state index contributed by atoms with van der Waals surface area (Å²) in [6, 6.07) is 18.5. The first-order valence-corrected chi connectivity index (χ1v) is 10.8. The molecular weight excluding hydrogens is 394 g/mol. The molecule has 1 N–H and O–H groups in total. The third-order valence-electron chi connectivity index (χ3n) is 5.28. The molecule has 1 aliphatic rings. The molecule has 3 aromatic rings. The van der Waals surface area contributed by atoms with Crippen molar-refractivity contribution in [3.05, 3.63) is 87.1 Å². The molecule has 0 aliphatic heterocycles. The number of rotatable bonds is 7. The van der Waals surface area contributed by atoms with Gasteiger partial charge in [-0.2, -0.15) is 0 Å². The van der Waals surface area contributed by atoms with Gasteiger partial charge in [0.15, 0.2) is 6.29 Å². The second kappa shape index (κ2) is 9.09. The van der Waals surface area contributed by atoms with Crippen LogP contribution in [0.2, 0.25) is 0 Å². The second-order valence-corrected chi connectivity index (χ2v) is 8.37. The highest BCUT2D eigenvalue weighted by molar-refractivity contribution is 7.14. The number of carbonyl (C=O) groups excluding carboxylic acids is 2. The van der Waals surface area contributed by atoms with Crippen LogP contribution in [0.1, 0.15) is 43.6 Å². The molecule has 152 valence electrons. The number of aryl methyl sites for hydroxylation is 1. The molecule has 0 unspecified atom stereocenters. The molecular formula is C25H23NO3S. The summed E-state index contributed by atoms with van der Waals surface area (Å²) in [6.07, 6.45) is 5.15. The van der Waals surface area contributed by atoms with Crippen molar-refractivity contribution in [3.63, 3.8) is 0 Å². The van der Waals surface area contributed by atoms with Gasteiger partial charge in [-0.15, -0.1) is 11.3 Å². The Kier molecular flexibility index (Phi) is 6.10. The van der Waals surface area contributed by atoms with Crippen LogP contribution in [0.25, 0.3) is 17.2 Å². The number of amides is 1. The molecule has 1 amide bonds. The zero-order chi connectivity index (χ0) is 20.9. The van der Waals surface area contributed by atoms with Gasteiger partial charge in [-0.25, -0.2) is 4.79 Å². The smallest absolute Gasteiger partial charge is 0.407 e. The van der Waals surface area contributed by atoms with Gasteiger partial charge in [-0.3, -0.25) is 4.79 Å². The summed E-state index contributed by atoms with van der Waals surface area (Å²) in [5.74, 6) is 0.0665. The monoisotopic (exact) mass is 417 g/mol. The lowest BCUT2D eigenvalue weighted by molar-refractivity contribution is 0.112. The van der Waals surface area contributed by atoms with Crippen LogP contribution in [0.4, 0.5) is 4.79 Å². The number of alkyl carbamates (subject to hydrolysis) is 1. The minimum atomic E-state index is -0.402. The summed E-state index contributed by atoms with van der Waals surface area (Å²) < 4.78 is 5.53. The Morgan fingerprint density at radius 1 is 1.10 bits per heavy atom. The normalized spacial score (nSPS) is 12.6. The van der Waals surface area contributed by atoms with Crippen LogP contribution < -0.4 is 5.32 Å². The summed E-state index contributed by atoms with van der Waals surface area (Å²) in [7, 11) is 0. The number of hydrogen-bond donors (Lipinski definition) is 1. The van der Waals surface area contributed by atoms with E-state index in [1.54, 1.807) is 0 Å². The van der Waals surface area contributed by atoms with E-state index in [2.05, 4.69) is 29.6 Å². The molecule has 5 heteroatoms. The minimum Gasteiger partial charge on any atom is -0.449 e. The van der Waals surface area contributed by atoms with Gasteiger partial charge < -0.3 is 10.1 Å². The average Bonchev–Trinajstić information content (AvgIpc) is 3.29. The van der Waals surface area contributed by atoms with Crippen molar-refractivity contribution in [2.45, 2.75) is 19.3 Å². The van der Waals surface area contributed by atoms with Crippen molar-refractivity contribution < 1.29 is 14.3 Å². The fourth-order valence-electron chi connectivity index (χ4n) is 3.84. The Labute approximate surface area is 180 Å². The lowest BCUT2D eigenvalue weighted by Crippen LogP contribution is -2.26. The Hall–Kier alpha value is -3.18.